The number of nitrogens with one attached hydrogen (secondary N) is 1. The fourth-order valence-electron chi connectivity index (χ4n) is 4.50. The van der Waals surface area contributed by atoms with Crippen LogP contribution < -0.4 is 5.32 Å². The van der Waals surface area contributed by atoms with Crippen molar-refractivity contribution >= 4 is 11.8 Å². The molecule has 2 saturated carbocycles. The second-order valence-corrected chi connectivity index (χ2v) is 8.53. The molecule has 0 aromatic heterocycles. The number of hydrogen-bond donors (Lipinski definition) is 2. The highest BCUT2D eigenvalue weighted by molar-refractivity contribution is 7.98. The number of aliphatic hydroxyl groups is 1. The third-order valence-corrected chi connectivity index (χ3v) is 6.32. The van der Waals surface area contributed by atoms with Crippen LogP contribution in [0.2, 0.25) is 0 Å². The largest absolute Gasteiger partial charge is 0.388 e. The van der Waals surface area contributed by atoms with Crippen molar-refractivity contribution in [2.45, 2.75) is 58.6 Å². The Morgan fingerprint density at radius 3 is 2.56 bits per heavy atom. The standard InChI is InChI=1S/C15H29NOS/c1-13(2)11-6-7-14(3,8-11)12(13)16-9-15(4,17)10-18-5/h11-12,16-17H,6-10H2,1-5H3/t11-,12?,14+,15?/m0/s1. The minimum Gasteiger partial charge on any atom is -0.388 e. The second-order valence-electron chi connectivity index (χ2n) is 7.66. The number of rotatable bonds is 5. The van der Waals surface area contributed by atoms with Crippen LogP contribution in [0.1, 0.15) is 47.0 Å². The van der Waals surface area contributed by atoms with Crippen molar-refractivity contribution in [3.05, 3.63) is 0 Å². The molecule has 0 aromatic carbocycles. The maximum atomic E-state index is 10.3. The van der Waals surface area contributed by atoms with E-state index in [4.69, 9.17) is 0 Å². The minimum atomic E-state index is -0.590. The zero-order chi connectivity index (χ0) is 13.6. The van der Waals surface area contributed by atoms with Gasteiger partial charge in [0.15, 0.2) is 0 Å². The van der Waals surface area contributed by atoms with E-state index >= 15 is 0 Å². The molecule has 106 valence electrons. The number of hydrogen-bond acceptors (Lipinski definition) is 3. The van der Waals surface area contributed by atoms with Gasteiger partial charge in [-0.1, -0.05) is 20.8 Å². The van der Waals surface area contributed by atoms with Gasteiger partial charge in [0.25, 0.3) is 0 Å². The van der Waals surface area contributed by atoms with Gasteiger partial charge in [0.05, 0.1) is 5.60 Å². The predicted octanol–water partition coefficient (Wildman–Crippen LogP) is 2.90. The Hall–Kier alpha value is 0.270. The van der Waals surface area contributed by atoms with Gasteiger partial charge < -0.3 is 10.4 Å². The van der Waals surface area contributed by atoms with Gasteiger partial charge in [0.2, 0.25) is 0 Å². The molecule has 2 fully saturated rings. The monoisotopic (exact) mass is 271 g/mol. The number of thioether (sulfide) groups is 1. The third kappa shape index (κ3) is 2.46. The van der Waals surface area contributed by atoms with E-state index in [0.717, 1.165) is 11.7 Å². The highest BCUT2D eigenvalue weighted by Crippen LogP contribution is 2.62. The molecule has 2 aliphatic rings. The van der Waals surface area contributed by atoms with Gasteiger partial charge in [-0.3, -0.25) is 0 Å². The summed E-state index contributed by atoms with van der Waals surface area (Å²) in [6.45, 7) is 9.90. The molecule has 0 amide bonds. The smallest absolute Gasteiger partial charge is 0.0833 e. The highest BCUT2D eigenvalue weighted by Gasteiger charge is 2.59. The molecule has 2 nitrogen and oxygen atoms in total. The molecule has 2 rings (SSSR count). The van der Waals surface area contributed by atoms with E-state index < -0.39 is 5.60 Å². The lowest BCUT2D eigenvalue weighted by atomic mass is 9.68. The summed E-state index contributed by atoms with van der Waals surface area (Å²) in [6.07, 6.45) is 6.16. The zero-order valence-electron chi connectivity index (χ0n) is 12.5. The van der Waals surface area contributed by atoms with Crippen LogP contribution in [0.3, 0.4) is 0 Å². The van der Waals surface area contributed by atoms with Crippen molar-refractivity contribution in [3.8, 4) is 0 Å². The third-order valence-electron chi connectivity index (χ3n) is 5.41. The Morgan fingerprint density at radius 2 is 2.06 bits per heavy atom. The molecular weight excluding hydrogens is 242 g/mol. The number of fused-ring (bicyclic) bond motifs is 2. The van der Waals surface area contributed by atoms with Crippen LogP contribution in [0.4, 0.5) is 0 Å². The van der Waals surface area contributed by atoms with Crippen LogP contribution in [0.25, 0.3) is 0 Å². The summed E-state index contributed by atoms with van der Waals surface area (Å²) in [6, 6.07) is 0.553. The van der Waals surface area contributed by atoms with Gasteiger partial charge in [0, 0.05) is 18.3 Å². The van der Waals surface area contributed by atoms with Gasteiger partial charge >= 0.3 is 0 Å². The lowest BCUT2D eigenvalue weighted by Crippen LogP contribution is -2.54. The molecule has 0 radical (unpaired) electrons. The van der Waals surface area contributed by atoms with Crippen molar-refractivity contribution in [2.75, 3.05) is 18.6 Å². The molecule has 0 saturated heterocycles. The average molecular weight is 271 g/mol. The lowest BCUT2D eigenvalue weighted by Gasteiger charge is -2.44. The fraction of sp³-hybridized carbons (Fsp3) is 1.00. The van der Waals surface area contributed by atoms with Crippen LogP contribution in [-0.2, 0) is 0 Å². The first kappa shape index (κ1) is 14.7. The van der Waals surface area contributed by atoms with E-state index in [-0.39, 0.29) is 0 Å². The van der Waals surface area contributed by atoms with Crippen LogP contribution in [-0.4, -0.2) is 35.3 Å². The first-order chi connectivity index (χ1) is 8.21. The summed E-state index contributed by atoms with van der Waals surface area (Å²) in [4.78, 5) is 0. The molecule has 2 bridgehead atoms. The van der Waals surface area contributed by atoms with Crippen LogP contribution in [0, 0.1) is 16.7 Å². The van der Waals surface area contributed by atoms with Gasteiger partial charge in [0.1, 0.15) is 0 Å². The SMILES string of the molecule is CSCC(C)(O)CNC1C(C)(C)[C@H]2CC[C@]1(C)C2. The summed E-state index contributed by atoms with van der Waals surface area (Å²) >= 11 is 1.72. The van der Waals surface area contributed by atoms with E-state index in [0.29, 0.717) is 23.4 Å². The molecule has 4 atom stereocenters. The van der Waals surface area contributed by atoms with Crippen molar-refractivity contribution in [3.63, 3.8) is 0 Å². The van der Waals surface area contributed by atoms with Crippen molar-refractivity contribution in [1.82, 2.24) is 5.32 Å². The molecule has 3 heteroatoms. The first-order valence-electron chi connectivity index (χ1n) is 7.16. The quantitative estimate of drug-likeness (QED) is 0.806. The fourth-order valence-corrected chi connectivity index (χ4v) is 5.22. The Morgan fingerprint density at radius 1 is 1.39 bits per heavy atom. The van der Waals surface area contributed by atoms with E-state index in [1.807, 2.05) is 6.92 Å². The zero-order valence-corrected chi connectivity index (χ0v) is 13.4. The summed E-state index contributed by atoms with van der Waals surface area (Å²) < 4.78 is 0. The minimum absolute atomic E-state index is 0.377. The Labute approximate surface area is 116 Å². The Balaban J connectivity index is 2.01. The molecule has 0 aromatic rings. The van der Waals surface area contributed by atoms with Crippen LogP contribution in [0.5, 0.6) is 0 Å². The predicted molar refractivity (Wildman–Crippen MR) is 80.0 cm³/mol. The van der Waals surface area contributed by atoms with Gasteiger partial charge in [-0.2, -0.15) is 11.8 Å². The molecular formula is C15H29NOS. The van der Waals surface area contributed by atoms with E-state index in [9.17, 15) is 5.11 Å². The van der Waals surface area contributed by atoms with Gasteiger partial charge in [-0.15, -0.1) is 0 Å². The maximum absolute atomic E-state index is 10.3. The van der Waals surface area contributed by atoms with E-state index in [2.05, 4.69) is 32.3 Å². The average Bonchev–Trinajstić information content (AvgIpc) is 2.68. The summed E-state index contributed by atoms with van der Waals surface area (Å²) in [5, 5.41) is 14.0. The van der Waals surface area contributed by atoms with Gasteiger partial charge in [-0.05, 0) is 49.2 Å². The molecule has 0 heterocycles. The van der Waals surface area contributed by atoms with Crippen LogP contribution >= 0.6 is 11.8 Å². The summed E-state index contributed by atoms with van der Waals surface area (Å²) in [5.41, 5.74) is 0.236. The molecule has 0 aliphatic heterocycles. The molecule has 2 N–H and O–H groups in total. The second kappa shape index (κ2) is 4.68. The van der Waals surface area contributed by atoms with Crippen molar-refractivity contribution in [2.24, 2.45) is 16.7 Å². The molecule has 0 spiro atoms. The summed E-state index contributed by atoms with van der Waals surface area (Å²) in [7, 11) is 0. The van der Waals surface area contributed by atoms with Crippen molar-refractivity contribution in [1.29, 1.82) is 0 Å². The van der Waals surface area contributed by atoms with E-state index in [1.165, 1.54) is 19.3 Å². The highest BCUT2D eigenvalue weighted by atomic mass is 32.2. The van der Waals surface area contributed by atoms with Gasteiger partial charge in [-0.25, -0.2) is 0 Å². The summed E-state index contributed by atoms with van der Waals surface area (Å²) in [5.74, 6) is 1.67. The molecule has 18 heavy (non-hydrogen) atoms. The Bertz CT molecular complexity index is 311. The molecule has 2 aliphatic carbocycles. The maximum Gasteiger partial charge on any atom is 0.0833 e. The first-order valence-corrected chi connectivity index (χ1v) is 8.55. The van der Waals surface area contributed by atoms with E-state index in [1.54, 1.807) is 11.8 Å². The molecule has 2 unspecified atom stereocenters. The van der Waals surface area contributed by atoms with Crippen molar-refractivity contribution < 1.29 is 5.11 Å². The topological polar surface area (TPSA) is 32.3 Å². The lowest BCUT2D eigenvalue weighted by molar-refractivity contribution is 0.0507. The Kier molecular flexibility index (Phi) is 3.81. The van der Waals surface area contributed by atoms with Crippen LogP contribution in [0.15, 0.2) is 0 Å². The normalized spacial score (nSPS) is 41.0.